The molecular formula is C11H20N2O. The molecule has 2 aliphatic rings. The van der Waals surface area contributed by atoms with E-state index in [1.807, 2.05) is 4.90 Å². The van der Waals surface area contributed by atoms with Gasteiger partial charge in [-0.2, -0.15) is 0 Å². The number of carbonyl (C=O) groups is 1. The predicted molar refractivity (Wildman–Crippen MR) is 56.1 cm³/mol. The Hall–Kier alpha value is -0.730. The van der Waals surface area contributed by atoms with Crippen molar-refractivity contribution < 1.29 is 4.79 Å². The molecule has 2 atom stereocenters. The van der Waals surface area contributed by atoms with E-state index in [4.69, 9.17) is 0 Å². The van der Waals surface area contributed by atoms with E-state index in [1.165, 1.54) is 19.3 Å². The molecule has 3 heteroatoms. The molecule has 1 aliphatic heterocycles. The van der Waals surface area contributed by atoms with Crippen LogP contribution in [0, 0.1) is 11.8 Å². The van der Waals surface area contributed by atoms with Gasteiger partial charge in [-0.05, 0) is 24.7 Å². The fourth-order valence-electron chi connectivity index (χ4n) is 2.63. The summed E-state index contributed by atoms with van der Waals surface area (Å²) in [6, 6.07) is 0.148. The average Bonchev–Trinajstić information content (AvgIpc) is 2.56. The van der Waals surface area contributed by atoms with E-state index < -0.39 is 0 Å². The van der Waals surface area contributed by atoms with Crippen molar-refractivity contribution in [1.82, 2.24) is 10.2 Å². The zero-order valence-electron chi connectivity index (χ0n) is 8.96. The molecule has 1 saturated heterocycles. The summed E-state index contributed by atoms with van der Waals surface area (Å²) in [5.74, 6) is 1.56. The van der Waals surface area contributed by atoms with Gasteiger partial charge in [0, 0.05) is 19.6 Å². The Bertz CT molecular complexity index is 217. The first-order valence-electron chi connectivity index (χ1n) is 5.80. The lowest BCUT2D eigenvalue weighted by Crippen LogP contribution is -2.48. The van der Waals surface area contributed by atoms with Crippen LogP contribution < -0.4 is 5.32 Å². The summed E-state index contributed by atoms with van der Waals surface area (Å²) in [5, 5.41) is 2.91. The van der Waals surface area contributed by atoms with Gasteiger partial charge in [-0.15, -0.1) is 0 Å². The molecule has 0 spiro atoms. The maximum atomic E-state index is 11.5. The van der Waals surface area contributed by atoms with Crippen LogP contribution in [0.15, 0.2) is 0 Å². The molecule has 2 amide bonds. The Morgan fingerprint density at radius 1 is 1.43 bits per heavy atom. The van der Waals surface area contributed by atoms with E-state index in [0.29, 0.717) is 0 Å². The molecule has 2 unspecified atom stereocenters. The third-order valence-corrected chi connectivity index (χ3v) is 3.66. The molecule has 1 N–H and O–H groups in total. The van der Waals surface area contributed by atoms with Gasteiger partial charge in [0.2, 0.25) is 0 Å². The molecular weight excluding hydrogens is 176 g/mol. The molecule has 0 aromatic heterocycles. The highest BCUT2D eigenvalue weighted by Crippen LogP contribution is 2.31. The van der Waals surface area contributed by atoms with Crippen LogP contribution in [0.3, 0.4) is 0 Å². The van der Waals surface area contributed by atoms with Gasteiger partial charge in [0.25, 0.3) is 0 Å². The summed E-state index contributed by atoms with van der Waals surface area (Å²) in [6.07, 6.45) is 5.11. The lowest BCUT2D eigenvalue weighted by Gasteiger charge is -2.31. The van der Waals surface area contributed by atoms with Crippen LogP contribution in [0.5, 0.6) is 0 Å². The zero-order valence-corrected chi connectivity index (χ0v) is 8.96. The average molecular weight is 196 g/mol. The Morgan fingerprint density at radius 3 is 2.93 bits per heavy atom. The third kappa shape index (κ3) is 2.02. The minimum absolute atomic E-state index is 0.148. The molecule has 1 saturated carbocycles. The van der Waals surface area contributed by atoms with Crippen LogP contribution in [0.25, 0.3) is 0 Å². The second-order valence-electron chi connectivity index (χ2n) is 4.70. The Kier molecular flexibility index (Phi) is 2.94. The standard InChI is InChI=1S/C11H20N2O/c1-9-4-2-5-10(9)8-13-7-3-6-12-11(13)14/h9-10H,2-8H2,1H3,(H,12,14). The normalized spacial score (nSPS) is 33.2. The van der Waals surface area contributed by atoms with Gasteiger partial charge in [-0.25, -0.2) is 4.79 Å². The Morgan fingerprint density at radius 2 is 2.29 bits per heavy atom. The van der Waals surface area contributed by atoms with Crippen LogP contribution in [0.4, 0.5) is 4.79 Å². The van der Waals surface area contributed by atoms with Crippen LogP contribution in [0.1, 0.15) is 32.6 Å². The van der Waals surface area contributed by atoms with Crippen LogP contribution in [-0.4, -0.2) is 30.6 Å². The van der Waals surface area contributed by atoms with Gasteiger partial charge in [0.15, 0.2) is 0 Å². The van der Waals surface area contributed by atoms with Gasteiger partial charge < -0.3 is 10.2 Å². The van der Waals surface area contributed by atoms with Crippen molar-refractivity contribution in [2.75, 3.05) is 19.6 Å². The van der Waals surface area contributed by atoms with Crippen molar-refractivity contribution >= 4 is 6.03 Å². The summed E-state index contributed by atoms with van der Waals surface area (Å²) in [6.45, 7) is 5.11. The SMILES string of the molecule is CC1CCCC1CN1CCCNC1=O. The van der Waals surface area contributed by atoms with Crippen molar-refractivity contribution in [3.8, 4) is 0 Å². The number of hydrogen-bond acceptors (Lipinski definition) is 1. The predicted octanol–water partition coefficient (Wildman–Crippen LogP) is 1.84. The van der Waals surface area contributed by atoms with E-state index in [9.17, 15) is 4.79 Å². The first kappa shape index (κ1) is 9.81. The lowest BCUT2D eigenvalue weighted by atomic mass is 9.97. The van der Waals surface area contributed by atoms with Gasteiger partial charge in [0.1, 0.15) is 0 Å². The number of nitrogens with zero attached hydrogens (tertiary/aromatic N) is 1. The summed E-state index contributed by atoms with van der Waals surface area (Å²) < 4.78 is 0. The number of nitrogens with one attached hydrogen (secondary N) is 1. The fraction of sp³-hybridized carbons (Fsp3) is 0.909. The maximum absolute atomic E-state index is 11.5. The molecule has 2 fully saturated rings. The Labute approximate surface area is 85.8 Å². The quantitative estimate of drug-likeness (QED) is 0.718. The number of urea groups is 1. The molecule has 1 aliphatic carbocycles. The van der Waals surface area contributed by atoms with Gasteiger partial charge >= 0.3 is 6.03 Å². The molecule has 1 heterocycles. The van der Waals surface area contributed by atoms with Crippen molar-refractivity contribution in [2.45, 2.75) is 32.6 Å². The van der Waals surface area contributed by atoms with Gasteiger partial charge in [-0.3, -0.25) is 0 Å². The Balaban J connectivity index is 1.86. The molecule has 14 heavy (non-hydrogen) atoms. The molecule has 0 bridgehead atoms. The molecule has 0 aromatic carbocycles. The van der Waals surface area contributed by atoms with Crippen LogP contribution in [0.2, 0.25) is 0 Å². The molecule has 3 nitrogen and oxygen atoms in total. The summed E-state index contributed by atoms with van der Waals surface area (Å²) in [7, 11) is 0. The lowest BCUT2D eigenvalue weighted by molar-refractivity contribution is 0.169. The molecule has 80 valence electrons. The summed E-state index contributed by atoms with van der Waals surface area (Å²) >= 11 is 0. The van der Waals surface area contributed by atoms with Crippen molar-refractivity contribution in [3.63, 3.8) is 0 Å². The molecule has 0 aromatic rings. The second kappa shape index (κ2) is 4.20. The smallest absolute Gasteiger partial charge is 0.317 e. The largest absolute Gasteiger partial charge is 0.338 e. The topological polar surface area (TPSA) is 32.3 Å². The molecule has 0 radical (unpaired) electrons. The highest BCUT2D eigenvalue weighted by Gasteiger charge is 2.28. The van der Waals surface area contributed by atoms with E-state index in [-0.39, 0.29) is 6.03 Å². The highest BCUT2D eigenvalue weighted by molar-refractivity contribution is 5.74. The molecule has 2 rings (SSSR count). The van der Waals surface area contributed by atoms with Crippen LogP contribution in [-0.2, 0) is 0 Å². The number of rotatable bonds is 2. The first-order chi connectivity index (χ1) is 6.77. The maximum Gasteiger partial charge on any atom is 0.317 e. The monoisotopic (exact) mass is 196 g/mol. The van der Waals surface area contributed by atoms with E-state index >= 15 is 0 Å². The van der Waals surface area contributed by atoms with Gasteiger partial charge in [0.05, 0.1) is 0 Å². The third-order valence-electron chi connectivity index (χ3n) is 3.66. The van der Waals surface area contributed by atoms with Gasteiger partial charge in [-0.1, -0.05) is 19.8 Å². The van der Waals surface area contributed by atoms with E-state index in [2.05, 4.69) is 12.2 Å². The first-order valence-corrected chi connectivity index (χ1v) is 5.80. The van der Waals surface area contributed by atoms with Crippen molar-refractivity contribution in [2.24, 2.45) is 11.8 Å². The van der Waals surface area contributed by atoms with Crippen LogP contribution >= 0.6 is 0 Å². The van der Waals surface area contributed by atoms with E-state index in [0.717, 1.165) is 37.9 Å². The fourth-order valence-corrected chi connectivity index (χ4v) is 2.63. The second-order valence-corrected chi connectivity index (χ2v) is 4.70. The minimum atomic E-state index is 0.148. The number of amides is 2. The van der Waals surface area contributed by atoms with Crippen molar-refractivity contribution in [3.05, 3.63) is 0 Å². The summed E-state index contributed by atoms with van der Waals surface area (Å²) in [5.41, 5.74) is 0. The summed E-state index contributed by atoms with van der Waals surface area (Å²) in [4.78, 5) is 13.5. The number of carbonyl (C=O) groups excluding carboxylic acids is 1. The van der Waals surface area contributed by atoms with Crippen molar-refractivity contribution in [1.29, 1.82) is 0 Å². The highest BCUT2D eigenvalue weighted by atomic mass is 16.2. The zero-order chi connectivity index (χ0) is 9.97. The van der Waals surface area contributed by atoms with E-state index in [1.54, 1.807) is 0 Å². The minimum Gasteiger partial charge on any atom is -0.338 e. The number of hydrogen-bond donors (Lipinski definition) is 1.